The number of rotatable bonds is 4. The van der Waals surface area contributed by atoms with Crippen molar-refractivity contribution in [3.05, 3.63) is 66.2 Å². The first-order chi connectivity index (χ1) is 9.54. The molecule has 1 N–H and O–H groups in total. The number of nitrogens with one attached hydrogen (secondary N) is 1. The second-order valence-corrected chi connectivity index (χ2v) is 11.5. The van der Waals surface area contributed by atoms with Crippen LogP contribution in [0.4, 0.5) is 5.69 Å². The molecule has 2 aromatic carbocycles. The van der Waals surface area contributed by atoms with Crippen LogP contribution >= 0.6 is 0 Å². The van der Waals surface area contributed by atoms with Gasteiger partial charge in [-0.15, -0.1) is 0 Å². The van der Waals surface area contributed by atoms with Crippen LogP contribution in [-0.4, -0.2) is 20.1 Å². The lowest BCUT2D eigenvalue weighted by atomic mass is 10.2. The van der Waals surface area contributed by atoms with Gasteiger partial charge in [-0.05, 0) is 12.1 Å². The van der Waals surface area contributed by atoms with Gasteiger partial charge in [0.15, 0.2) is 0 Å². The molecule has 2 rings (SSSR count). The lowest BCUT2D eigenvalue weighted by Crippen LogP contribution is -2.27. The van der Waals surface area contributed by atoms with Gasteiger partial charge in [-0.1, -0.05) is 68.2 Å². The Morgan fingerprint density at radius 2 is 1.45 bits per heavy atom. The topological polar surface area (TPSA) is 24.4 Å². The molecule has 0 amide bonds. The summed E-state index contributed by atoms with van der Waals surface area (Å²) in [5.41, 5.74) is 2.21. The van der Waals surface area contributed by atoms with Crippen molar-refractivity contribution in [1.29, 1.82) is 0 Å². The summed E-state index contributed by atoms with van der Waals surface area (Å²) in [6.45, 7) is 7.00. The Hall–Kier alpha value is -1.87. The quantitative estimate of drug-likeness (QED) is 0.501. The van der Waals surface area contributed by atoms with Gasteiger partial charge in [-0.3, -0.25) is 4.99 Å². The highest BCUT2D eigenvalue weighted by molar-refractivity contribution is 6.76. The van der Waals surface area contributed by atoms with Gasteiger partial charge >= 0.3 is 0 Å². The van der Waals surface area contributed by atoms with E-state index in [0.29, 0.717) is 0 Å². The molecular formula is C17H22N2Si. The zero-order valence-electron chi connectivity index (χ0n) is 12.4. The summed E-state index contributed by atoms with van der Waals surface area (Å²) in [6, 6.07) is 20.5. The number of aliphatic imine (C=N–C) groups is 1. The molecule has 3 heteroatoms. The van der Waals surface area contributed by atoms with Gasteiger partial charge in [0.25, 0.3) is 0 Å². The largest absolute Gasteiger partial charge is 0.340 e. The summed E-state index contributed by atoms with van der Waals surface area (Å²) < 4.78 is 0. The molecule has 0 aliphatic carbocycles. The monoisotopic (exact) mass is 282 g/mol. The summed E-state index contributed by atoms with van der Waals surface area (Å²) in [5, 5.41) is 3.44. The molecule has 0 aliphatic rings. The normalized spacial score (nSPS) is 12.2. The highest BCUT2D eigenvalue weighted by atomic mass is 28.3. The van der Waals surface area contributed by atoms with Gasteiger partial charge in [0.2, 0.25) is 0 Å². The average molecular weight is 282 g/mol. The van der Waals surface area contributed by atoms with Crippen LogP contribution < -0.4 is 5.32 Å². The van der Waals surface area contributed by atoms with Gasteiger partial charge in [0, 0.05) is 17.4 Å². The second kappa shape index (κ2) is 6.53. The smallest absolute Gasteiger partial charge is 0.132 e. The number of anilines is 1. The Bertz CT molecular complexity index is 557. The first kappa shape index (κ1) is 14.5. The molecule has 0 bridgehead atoms. The zero-order chi connectivity index (χ0) is 14.4. The van der Waals surface area contributed by atoms with Crippen molar-refractivity contribution in [2.75, 3.05) is 11.5 Å². The van der Waals surface area contributed by atoms with E-state index in [0.717, 1.165) is 23.3 Å². The number of amidine groups is 1. The maximum atomic E-state index is 4.83. The number of hydrogen-bond donors (Lipinski definition) is 1. The van der Waals surface area contributed by atoms with Crippen LogP contribution in [0.25, 0.3) is 0 Å². The number of para-hydroxylation sites is 1. The third-order valence-corrected chi connectivity index (χ3v) is 3.90. The fourth-order valence-electron chi connectivity index (χ4n) is 1.77. The predicted molar refractivity (Wildman–Crippen MR) is 91.3 cm³/mol. The second-order valence-electron chi connectivity index (χ2n) is 6.08. The number of benzene rings is 2. The van der Waals surface area contributed by atoms with Crippen molar-refractivity contribution >= 4 is 19.6 Å². The van der Waals surface area contributed by atoms with Crippen LogP contribution in [-0.2, 0) is 0 Å². The van der Waals surface area contributed by atoms with E-state index in [1.807, 2.05) is 36.4 Å². The Kier molecular flexibility index (Phi) is 4.74. The predicted octanol–water partition coefficient (Wildman–Crippen LogP) is 4.42. The third kappa shape index (κ3) is 4.66. The molecule has 0 saturated carbocycles. The SMILES string of the molecule is C[Si](C)(C)C/N=C(\Nc1ccccc1)c1ccccc1. The van der Waals surface area contributed by atoms with E-state index in [9.17, 15) is 0 Å². The molecule has 0 saturated heterocycles. The molecule has 0 aliphatic heterocycles. The van der Waals surface area contributed by atoms with Gasteiger partial charge in [0.05, 0.1) is 8.07 Å². The lowest BCUT2D eigenvalue weighted by Gasteiger charge is -2.15. The first-order valence-corrected chi connectivity index (χ1v) is 10.7. The van der Waals surface area contributed by atoms with Crippen molar-refractivity contribution in [2.45, 2.75) is 19.6 Å². The summed E-state index contributed by atoms with van der Waals surface area (Å²) >= 11 is 0. The van der Waals surface area contributed by atoms with E-state index in [1.54, 1.807) is 0 Å². The van der Waals surface area contributed by atoms with Gasteiger partial charge in [-0.25, -0.2) is 0 Å². The molecule has 0 atom stereocenters. The minimum Gasteiger partial charge on any atom is -0.340 e. The van der Waals surface area contributed by atoms with E-state index in [1.165, 1.54) is 0 Å². The first-order valence-electron chi connectivity index (χ1n) is 6.96. The maximum absolute atomic E-state index is 4.83. The minimum atomic E-state index is -1.20. The fourth-order valence-corrected chi connectivity index (χ4v) is 2.41. The minimum absolute atomic E-state index is 0.928. The Morgan fingerprint density at radius 1 is 0.900 bits per heavy atom. The number of hydrogen-bond acceptors (Lipinski definition) is 1. The summed E-state index contributed by atoms with van der Waals surface area (Å²) in [4.78, 5) is 4.83. The molecule has 0 spiro atoms. The molecule has 0 heterocycles. The molecule has 0 aromatic heterocycles. The van der Waals surface area contributed by atoms with Crippen LogP contribution in [0.1, 0.15) is 5.56 Å². The molecule has 20 heavy (non-hydrogen) atoms. The zero-order valence-corrected chi connectivity index (χ0v) is 13.4. The van der Waals surface area contributed by atoms with E-state index in [-0.39, 0.29) is 0 Å². The molecule has 0 fully saturated rings. The van der Waals surface area contributed by atoms with E-state index in [4.69, 9.17) is 4.99 Å². The van der Waals surface area contributed by atoms with Gasteiger partial charge in [0.1, 0.15) is 5.84 Å². The van der Waals surface area contributed by atoms with Crippen LogP contribution in [0.5, 0.6) is 0 Å². The van der Waals surface area contributed by atoms with Crippen LogP contribution in [0, 0.1) is 0 Å². The van der Waals surface area contributed by atoms with Crippen LogP contribution in [0.3, 0.4) is 0 Å². The van der Waals surface area contributed by atoms with Gasteiger partial charge < -0.3 is 5.32 Å². The summed E-state index contributed by atoms with van der Waals surface area (Å²) in [6.07, 6.45) is 0.928. The lowest BCUT2D eigenvalue weighted by molar-refractivity contribution is 1.27. The van der Waals surface area contributed by atoms with Crippen molar-refractivity contribution in [2.24, 2.45) is 4.99 Å². The van der Waals surface area contributed by atoms with Crippen LogP contribution in [0.15, 0.2) is 65.7 Å². The van der Waals surface area contributed by atoms with Crippen LogP contribution in [0.2, 0.25) is 19.6 Å². The number of nitrogens with zero attached hydrogens (tertiary/aromatic N) is 1. The molecule has 0 unspecified atom stereocenters. The van der Waals surface area contributed by atoms with Crippen molar-refractivity contribution in [1.82, 2.24) is 0 Å². The highest BCUT2D eigenvalue weighted by Gasteiger charge is 2.13. The average Bonchev–Trinajstić information content (AvgIpc) is 2.44. The maximum Gasteiger partial charge on any atom is 0.132 e. The molecule has 2 nitrogen and oxygen atoms in total. The van der Waals surface area contributed by atoms with Crippen molar-refractivity contribution in [3.63, 3.8) is 0 Å². The molecular weight excluding hydrogens is 260 g/mol. The van der Waals surface area contributed by atoms with E-state index in [2.05, 4.69) is 49.2 Å². The van der Waals surface area contributed by atoms with E-state index < -0.39 is 8.07 Å². The standard InChI is InChI=1S/C17H22N2Si/c1-20(2,3)14-18-17(15-10-6-4-7-11-15)19-16-12-8-5-9-13-16/h4-13H,14H2,1-3H3,(H,18,19). The van der Waals surface area contributed by atoms with Crippen molar-refractivity contribution < 1.29 is 0 Å². The van der Waals surface area contributed by atoms with Gasteiger partial charge in [-0.2, -0.15) is 0 Å². The highest BCUT2D eigenvalue weighted by Crippen LogP contribution is 2.10. The van der Waals surface area contributed by atoms with E-state index >= 15 is 0 Å². The Balaban J connectivity index is 2.25. The third-order valence-electron chi connectivity index (χ3n) is 2.80. The summed E-state index contributed by atoms with van der Waals surface area (Å²) in [5.74, 6) is 0.958. The molecule has 104 valence electrons. The summed E-state index contributed by atoms with van der Waals surface area (Å²) in [7, 11) is -1.20. The Labute approximate surface area is 122 Å². The Morgan fingerprint density at radius 3 is 2.00 bits per heavy atom. The molecule has 0 radical (unpaired) electrons. The molecule has 2 aromatic rings. The van der Waals surface area contributed by atoms with Crippen molar-refractivity contribution in [3.8, 4) is 0 Å². The fraction of sp³-hybridized carbons (Fsp3) is 0.235.